The Morgan fingerprint density at radius 1 is 1.31 bits per heavy atom. The van der Waals surface area contributed by atoms with Crippen LogP contribution in [-0.2, 0) is 17.9 Å². The van der Waals surface area contributed by atoms with Crippen LogP contribution in [0.4, 0.5) is 5.13 Å². The summed E-state index contributed by atoms with van der Waals surface area (Å²) in [6.45, 7) is 5.69. The van der Waals surface area contributed by atoms with Gasteiger partial charge < -0.3 is 5.32 Å². The lowest BCUT2D eigenvalue weighted by atomic mass is 9.81. The van der Waals surface area contributed by atoms with Gasteiger partial charge in [-0.1, -0.05) is 6.42 Å². The van der Waals surface area contributed by atoms with Crippen LogP contribution < -0.4 is 5.32 Å². The van der Waals surface area contributed by atoms with Gasteiger partial charge in [0.25, 0.3) is 0 Å². The van der Waals surface area contributed by atoms with Crippen molar-refractivity contribution in [3.8, 4) is 0 Å². The molecule has 2 aromatic rings. The van der Waals surface area contributed by atoms with E-state index in [1.165, 1.54) is 49.5 Å². The molecule has 0 radical (unpaired) electrons. The molecular formula is C19H27N5OS. The number of carbonyl (C=O) groups is 1. The summed E-state index contributed by atoms with van der Waals surface area (Å²) in [5.74, 6) is 1.35. The van der Waals surface area contributed by atoms with Gasteiger partial charge in [-0.3, -0.25) is 14.4 Å². The number of hydrogen-bond donors (Lipinski definition) is 1. The second-order valence-electron chi connectivity index (χ2n) is 7.68. The van der Waals surface area contributed by atoms with Gasteiger partial charge in [-0.15, -0.1) is 11.3 Å². The minimum Gasteiger partial charge on any atom is -0.302 e. The summed E-state index contributed by atoms with van der Waals surface area (Å²) in [5, 5.41) is 8.06. The van der Waals surface area contributed by atoms with Crippen molar-refractivity contribution in [2.24, 2.45) is 5.92 Å². The minimum atomic E-state index is -0.0653. The van der Waals surface area contributed by atoms with E-state index in [1.807, 2.05) is 6.20 Å². The molecule has 1 amide bonds. The van der Waals surface area contributed by atoms with Gasteiger partial charge in [0.15, 0.2) is 5.13 Å². The molecule has 1 aliphatic heterocycles. The first-order valence-corrected chi connectivity index (χ1v) is 10.4. The zero-order valence-electron chi connectivity index (χ0n) is 15.4. The van der Waals surface area contributed by atoms with Crippen LogP contribution in [0.3, 0.4) is 0 Å². The van der Waals surface area contributed by atoms with Crippen LogP contribution in [0, 0.1) is 5.92 Å². The van der Waals surface area contributed by atoms with Gasteiger partial charge in [0.05, 0.1) is 6.20 Å². The number of nitrogens with one attached hydrogen (secondary N) is 1. The molecule has 3 heterocycles. The number of thiazole rings is 1. The Labute approximate surface area is 158 Å². The summed E-state index contributed by atoms with van der Waals surface area (Å²) in [5.41, 5.74) is 1.43. The first-order valence-electron chi connectivity index (χ1n) is 9.62. The maximum atomic E-state index is 11.1. The number of aromatic nitrogens is 3. The second-order valence-corrected chi connectivity index (χ2v) is 8.80. The molecule has 26 heavy (non-hydrogen) atoms. The molecule has 1 saturated carbocycles. The third kappa shape index (κ3) is 4.32. The van der Waals surface area contributed by atoms with Crippen LogP contribution >= 0.6 is 11.3 Å². The summed E-state index contributed by atoms with van der Waals surface area (Å²) in [4.78, 5) is 19.1. The Morgan fingerprint density at radius 3 is 2.96 bits per heavy atom. The fraction of sp³-hybridized carbons (Fsp3) is 0.632. The predicted octanol–water partition coefficient (Wildman–Crippen LogP) is 3.48. The molecule has 2 fully saturated rings. The van der Waals surface area contributed by atoms with Gasteiger partial charge >= 0.3 is 0 Å². The van der Waals surface area contributed by atoms with Crippen LogP contribution in [0.2, 0.25) is 0 Å². The molecule has 1 atom stereocenters. The normalized spacial score (nSPS) is 21.5. The average Bonchev–Trinajstić information content (AvgIpc) is 3.15. The van der Waals surface area contributed by atoms with Crippen molar-refractivity contribution in [1.82, 2.24) is 19.7 Å². The van der Waals surface area contributed by atoms with Crippen molar-refractivity contribution < 1.29 is 4.79 Å². The Kier molecular flexibility index (Phi) is 5.36. The predicted molar refractivity (Wildman–Crippen MR) is 103 cm³/mol. The quantitative estimate of drug-likeness (QED) is 0.842. The number of nitrogens with zero attached hydrogens (tertiary/aromatic N) is 4. The zero-order valence-corrected chi connectivity index (χ0v) is 16.2. The molecule has 1 N–H and O–H groups in total. The number of carbonyl (C=O) groups excluding carboxylic acids is 1. The van der Waals surface area contributed by atoms with Crippen LogP contribution in [0.5, 0.6) is 0 Å². The van der Waals surface area contributed by atoms with Crippen molar-refractivity contribution in [3.05, 3.63) is 29.0 Å². The summed E-state index contributed by atoms with van der Waals surface area (Å²) in [6.07, 6.45) is 12.8. The van der Waals surface area contributed by atoms with E-state index in [9.17, 15) is 4.79 Å². The van der Waals surface area contributed by atoms with Crippen molar-refractivity contribution in [2.45, 2.75) is 58.0 Å². The molecular weight excluding hydrogens is 346 g/mol. The number of anilines is 1. The lowest BCUT2D eigenvalue weighted by molar-refractivity contribution is -0.114. The smallest absolute Gasteiger partial charge is 0.223 e. The monoisotopic (exact) mass is 373 g/mol. The van der Waals surface area contributed by atoms with E-state index < -0.39 is 0 Å². The highest BCUT2D eigenvalue weighted by molar-refractivity contribution is 7.15. The van der Waals surface area contributed by atoms with Crippen molar-refractivity contribution in [1.29, 1.82) is 0 Å². The molecule has 6 nitrogen and oxygen atoms in total. The molecule has 140 valence electrons. The van der Waals surface area contributed by atoms with Crippen molar-refractivity contribution in [3.63, 3.8) is 0 Å². The van der Waals surface area contributed by atoms with Crippen molar-refractivity contribution >= 4 is 22.4 Å². The lowest BCUT2D eigenvalue weighted by Gasteiger charge is -2.32. The standard InChI is InChI=1S/C19H27N5OS/c1-14(25)22-19-20-9-18(26-19)13-23-7-3-4-15(10-23)11-24-12-17(8-21-24)16-5-2-6-16/h8-9,12,15-16H,2-7,10-11,13H2,1H3,(H,20,22,25). The van der Waals surface area contributed by atoms with Crippen molar-refractivity contribution in [2.75, 3.05) is 18.4 Å². The van der Waals surface area contributed by atoms with Gasteiger partial charge in [-0.2, -0.15) is 5.10 Å². The summed E-state index contributed by atoms with van der Waals surface area (Å²) < 4.78 is 2.16. The molecule has 7 heteroatoms. The van der Waals surface area contributed by atoms with Gasteiger partial charge in [-0.05, 0) is 49.6 Å². The van der Waals surface area contributed by atoms with E-state index in [-0.39, 0.29) is 5.91 Å². The zero-order chi connectivity index (χ0) is 17.9. The summed E-state index contributed by atoms with van der Waals surface area (Å²) in [6, 6.07) is 0. The average molecular weight is 374 g/mol. The highest BCUT2D eigenvalue weighted by atomic mass is 32.1. The third-order valence-corrected chi connectivity index (χ3v) is 6.39. The van der Waals surface area contributed by atoms with E-state index in [0.717, 1.165) is 32.1 Å². The maximum absolute atomic E-state index is 11.1. The van der Waals surface area contributed by atoms with Crippen LogP contribution in [0.25, 0.3) is 0 Å². The number of hydrogen-bond acceptors (Lipinski definition) is 5. The van der Waals surface area contributed by atoms with Crippen LogP contribution in [-0.4, -0.2) is 38.7 Å². The number of likely N-dealkylation sites (tertiary alicyclic amines) is 1. The minimum absolute atomic E-state index is 0.0653. The van der Waals surface area contributed by atoms with E-state index in [0.29, 0.717) is 11.0 Å². The molecule has 1 saturated heterocycles. The summed E-state index contributed by atoms with van der Waals surface area (Å²) >= 11 is 1.57. The Balaban J connectivity index is 1.30. The first-order chi connectivity index (χ1) is 12.7. The summed E-state index contributed by atoms with van der Waals surface area (Å²) in [7, 11) is 0. The molecule has 4 rings (SSSR count). The van der Waals surface area contributed by atoms with Gasteiger partial charge in [0, 0.05) is 43.8 Å². The molecule has 0 spiro atoms. The lowest BCUT2D eigenvalue weighted by Crippen LogP contribution is -2.36. The Hall–Kier alpha value is -1.73. The second kappa shape index (κ2) is 7.88. The fourth-order valence-electron chi connectivity index (χ4n) is 3.95. The van der Waals surface area contributed by atoms with E-state index >= 15 is 0 Å². The van der Waals surface area contributed by atoms with Gasteiger partial charge in [-0.25, -0.2) is 4.98 Å². The molecule has 1 aliphatic carbocycles. The van der Waals surface area contributed by atoms with Gasteiger partial charge in [0.2, 0.25) is 5.91 Å². The van der Waals surface area contributed by atoms with Gasteiger partial charge in [0.1, 0.15) is 0 Å². The third-order valence-electron chi connectivity index (χ3n) is 5.49. The highest BCUT2D eigenvalue weighted by Gasteiger charge is 2.23. The molecule has 2 aliphatic rings. The van der Waals surface area contributed by atoms with Crippen LogP contribution in [0.1, 0.15) is 55.4 Å². The number of piperidine rings is 1. The van der Waals surface area contributed by atoms with E-state index in [1.54, 1.807) is 11.3 Å². The maximum Gasteiger partial charge on any atom is 0.223 e. The Bertz CT molecular complexity index is 751. The highest BCUT2D eigenvalue weighted by Crippen LogP contribution is 2.36. The topological polar surface area (TPSA) is 63.1 Å². The van der Waals surface area contributed by atoms with E-state index in [4.69, 9.17) is 0 Å². The molecule has 1 unspecified atom stereocenters. The fourth-order valence-corrected chi connectivity index (χ4v) is 4.85. The SMILES string of the molecule is CC(=O)Nc1ncc(CN2CCCC(Cn3cc(C4CCC4)cn3)C2)s1. The molecule has 0 bridgehead atoms. The first kappa shape index (κ1) is 17.7. The Morgan fingerprint density at radius 2 is 2.19 bits per heavy atom. The number of rotatable bonds is 6. The molecule has 0 aromatic carbocycles. The molecule has 2 aromatic heterocycles. The number of amides is 1. The van der Waals surface area contributed by atoms with E-state index in [2.05, 4.69) is 37.4 Å². The largest absolute Gasteiger partial charge is 0.302 e. The van der Waals surface area contributed by atoms with Crippen LogP contribution in [0.15, 0.2) is 18.6 Å².